The highest BCUT2D eigenvalue weighted by Crippen LogP contribution is 2.25. The summed E-state index contributed by atoms with van der Waals surface area (Å²) >= 11 is 0. The van der Waals surface area contributed by atoms with E-state index >= 15 is 0 Å². The summed E-state index contributed by atoms with van der Waals surface area (Å²) in [5.41, 5.74) is 2.34. The van der Waals surface area contributed by atoms with Crippen molar-refractivity contribution in [1.82, 2.24) is 0 Å². The molecule has 2 heteroatoms. The molecule has 0 heterocycles. The van der Waals surface area contributed by atoms with Gasteiger partial charge in [-0.1, -0.05) is 45.0 Å². The molecule has 0 bridgehead atoms. The van der Waals surface area contributed by atoms with Crippen LogP contribution in [0.1, 0.15) is 51.8 Å². The van der Waals surface area contributed by atoms with Crippen LogP contribution in [0.15, 0.2) is 24.3 Å². The Balaban J connectivity index is 2.80. The molecule has 96 valence electrons. The van der Waals surface area contributed by atoms with Crippen molar-refractivity contribution in [2.45, 2.75) is 52.2 Å². The molecular formula is C15H24O2. The van der Waals surface area contributed by atoms with E-state index in [1.54, 1.807) is 0 Å². The van der Waals surface area contributed by atoms with Crippen LogP contribution in [-0.2, 0) is 10.2 Å². The summed E-state index contributed by atoms with van der Waals surface area (Å²) in [6.45, 7) is 11.0. The lowest BCUT2D eigenvalue weighted by atomic mass is 9.86. The minimum absolute atomic E-state index is 0.148. The lowest BCUT2D eigenvalue weighted by Crippen LogP contribution is -2.19. The predicted molar refractivity (Wildman–Crippen MR) is 71.2 cm³/mol. The first kappa shape index (κ1) is 14.2. The van der Waals surface area contributed by atoms with E-state index in [0.717, 1.165) is 5.56 Å². The van der Waals surface area contributed by atoms with Gasteiger partial charge in [-0.05, 0) is 30.4 Å². The first-order chi connectivity index (χ1) is 7.86. The van der Waals surface area contributed by atoms with Crippen molar-refractivity contribution in [2.75, 3.05) is 6.61 Å². The molecule has 1 N–H and O–H groups in total. The minimum Gasteiger partial charge on any atom is -0.386 e. The van der Waals surface area contributed by atoms with E-state index < -0.39 is 6.10 Å². The molecule has 1 aromatic carbocycles. The quantitative estimate of drug-likeness (QED) is 0.867. The van der Waals surface area contributed by atoms with E-state index in [4.69, 9.17) is 4.74 Å². The van der Waals surface area contributed by atoms with E-state index in [1.807, 2.05) is 26.0 Å². The van der Waals surface area contributed by atoms with Crippen molar-refractivity contribution in [3.8, 4) is 0 Å². The summed E-state index contributed by atoms with van der Waals surface area (Å²) in [5, 5.41) is 10.1. The molecule has 0 radical (unpaired) electrons. The summed E-state index contributed by atoms with van der Waals surface area (Å²) in [5.74, 6) is 0. The third-order valence-electron chi connectivity index (χ3n) is 2.99. The second-order valence-corrected chi connectivity index (χ2v) is 5.48. The van der Waals surface area contributed by atoms with Gasteiger partial charge in [0.25, 0.3) is 0 Å². The molecule has 1 aromatic rings. The number of hydrogen-bond acceptors (Lipinski definition) is 2. The molecule has 0 saturated heterocycles. The molecule has 0 aromatic heterocycles. The van der Waals surface area contributed by atoms with E-state index in [2.05, 4.69) is 32.9 Å². The largest absolute Gasteiger partial charge is 0.386 e. The first-order valence-corrected chi connectivity index (χ1v) is 6.26. The van der Waals surface area contributed by atoms with Crippen molar-refractivity contribution >= 4 is 0 Å². The second kappa shape index (κ2) is 5.65. The van der Waals surface area contributed by atoms with Gasteiger partial charge in [0.05, 0.1) is 6.10 Å². The summed E-state index contributed by atoms with van der Waals surface area (Å²) in [6, 6.07) is 8.13. The number of benzene rings is 1. The fourth-order valence-corrected chi connectivity index (χ4v) is 1.81. The number of ether oxygens (including phenoxy) is 1. The van der Waals surface area contributed by atoms with E-state index in [9.17, 15) is 5.11 Å². The lowest BCUT2D eigenvalue weighted by Gasteiger charge is -2.22. The average molecular weight is 236 g/mol. The Kier molecular flexibility index (Phi) is 4.72. The fraction of sp³-hybridized carbons (Fsp3) is 0.600. The molecule has 0 aliphatic rings. The van der Waals surface area contributed by atoms with Gasteiger partial charge in [-0.15, -0.1) is 0 Å². The predicted octanol–water partition coefficient (Wildman–Crippen LogP) is 3.44. The first-order valence-electron chi connectivity index (χ1n) is 6.26. The zero-order valence-corrected chi connectivity index (χ0v) is 11.5. The molecule has 0 amide bonds. The van der Waals surface area contributed by atoms with Crippen molar-refractivity contribution in [3.63, 3.8) is 0 Å². The van der Waals surface area contributed by atoms with Gasteiger partial charge in [0.15, 0.2) is 0 Å². The minimum atomic E-state index is -0.552. The fourth-order valence-electron chi connectivity index (χ4n) is 1.81. The molecule has 1 rings (SSSR count). The Morgan fingerprint density at radius 2 is 1.71 bits per heavy atom. The van der Waals surface area contributed by atoms with Gasteiger partial charge in [-0.25, -0.2) is 0 Å². The Morgan fingerprint density at radius 3 is 2.12 bits per heavy atom. The number of aliphatic hydroxyl groups is 1. The van der Waals surface area contributed by atoms with E-state index in [0.29, 0.717) is 6.61 Å². The van der Waals surface area contributed by atoms with Crippen molar-refractivity contribution in [1.29, 1.82) is 0 Å². The average Bonchev–Trinajstić information content (AvgIpc) is 2.27. The number of rotatable bonds is 4. The smallest absolute Gasteiger partial charge is 0.105 e. The van der Waals surface area contributed by atoms with Crippen molar-refractivity contribution < 1.29 is 9.84 Å². The van der Waals surface area contributed by atoms with Crippen LogP contribution in [0.2, 0.25) is 0 Å². The van der Waals surface area contributed by atoms with Crippen LogP contribution in [0.4, 0.5) is 0 Å². The maximum atomic E-state index is 10.1. The topological polar surface area (TPSA) is 29.5 Å². The molecule has 0 saturated carbocycles. The van der Waals surface area contributed by atoms with Crippen LogP contribution >= 0.6 is 0 Å². The molecule has 0 aliphatic carbocycles. The summed E-state index contributed by atoms with van der Waals surface area (Å²) in [4.78, 5) is 0. The number of hydrogen-bond donors (Lipinski definition) is 1. The maximum Gasteiger partial charge on any atom is 0.105 e. The van der Waals surface area contributed by atoms with Gasteiger partial charge in [-0.2, -0.15) is 0 Å². The third-order valence-corrected chi connectivity index (χ3v) is 2.99. The van der Waals surface area contributed by atoms with Crippen LogP contribution < -0.4 is 0 Å². The van der Waals surface area contributed by atoms with Crippen LogP contribution in [0.3, 0.4) is 0 Å². The zero-order chi connectivity index (χ0) is 13.1. The summed E-state index contributed by atoms with van der Waals surface area (Å²) in [6.07, 6.45) is -0.718. The highest BCUT2D eigenvalue weighted by atomic mass is 16.5. The van der Waals surface area contributed by atoms with Gasteiger partial charge in [0, 0.05) is 6.61 Å². The third kappa shape index (κ3) is 3.83. The van der Waals surface area contributed by atoms with Gasteiger partial charge in [0.1, 0.15) is 6.10 Å². The molecule has 2 atom stereocenters. The Hall–Kier alpha value is -0.860. The Morgan fingerprint density at radius 1 is 1.18 bits per heavy atom. The Labute approximate surface area is 105 Å². The summed E-state index contributed by atoms with van der Waals surface area (Å²) < 4.78 is 5.41. The standard InChI is InChI=1S/C15H24O2/c1-6-17-11(2)14(16)12-7-9-13(10-8-12)15(3,4)5/h7-11,14,16H,6H2,1-5H3. The Bertz CT molecular complexity index is 335. The molecular weight excluding hydrogens is 212 g/mol. The molecule has 2 nitrogen and oxygen atoms in total. The normalized spacial score (nSPS) is 15.6. The van der Waals surface area contributed by atoms with Gasteiger partial charge < -0.3 is 9.84 Å². The van der Waals surface area contributed by atoms with E-state index in [-0.39, 0.29) is 11.5 Å². The SMILES string of the molecule is CCOC(C)C(O)c1ccc(C(C)(C)C)cc1. The van der Waals surface area contributed by atoms with Crippen LogP contribution in [-0.4, -0.2) is 17.8 Å². The molecule has 17 heavy (non-hydrogen) atoms. The lowest BCUT2D eigenvalue weighted by molar-refractivity contribution is -0.0227. The molecule has 0 fully saturated rings. The highest BCUT2D eigenvalue weighted by Gasteiger charge is 2.18. The zero-order valence-electron chi connectivity index (χ0n) is 11.5. The van der Waals surface area contributed by atoms with Crippen LogP contribution in [0.25, 0.3) is 0 Å². The molecule has 0 aliphatic heterocycles. The maximum absolute atomic E-state index is 10.1. The monoisotopic (exact) mass is 236 g/mol. The van der Waals surface area contributed by atoms with Crippen molar-refractivity contribution in [2.24, 2.45) is 0 Å². The van der Waals surface area contributed by atoms with E-state index in [1.165, 1.54) is 5.56 Å². The summed E-state index contributed by atoms with van der Waals surface area (Å²) in [7, 11) is 0. The van der Waals surface area contributed by atoms with Gasteiger partial charge >= 0.3 is 0 Å². The van der Waals surface area contributed by atoms with Crippen LogP contribution in [0.5, 0.6) is 0 Å². The highest BCUT2D eigenvalue weighted by molar-refractivity contribution is 5.29. The van der Waals surface area contributed by atoms with Gasteiger partial charge in [0.2, 0.25) is 0 Å². The van der Waals surface area contributed by atoms with Gasteiger partial charge in [-0.3, -0.25) is 0 Å². The molecule has 0 spiro atoms. The molecule has 2 unspecified atom stereocenters. The van der Waals surface area contributed by atoms with Crippen molar-refractivity contribution in [3.05, 3.63) is 35.4 Å². The second-order valence-electron chi connectivity index (χ2n) is 5.48. The number of aliphatic hydroxyl groups excluding tert-OH is 1. The van der Waals surface area contributed by atoms with Crippen LogP contribution in [0, 0.1) is 0 Å².